The molecule has 2 aromatic heterocycles. The van der Waals surface area contributed by atoms with Crippen LogP contribution in [0.15, 0.2) is 42.6 Å². The fraction of sp³-hybridized carbons (Fsp3) is 0.435. The van der Waals surface area contributed by atoms with Crippen LogP contribution < -0.4 is 5.32 Å². The average Bonchev–Trinajstić information content (AvgIpc) is 3.07. The van der Waals surface area contributed by atoms with Crippen LogP contribution in [0.5, 0.6) is 0 Å². The van der Waals surface area contributed by atoms with Crippen LogP contribution in [0.2, 0.25) is 0 Å². The number of unbranched alkanes of at least 4 members (excludes halogenated alkanes) is 2. The van der Waals surface area contributed by atoms with E-state index in [1.807, 2.05) is 32.2 Å². The molecular formula is C23H30F3N3. The minimum absolute atomic E-state index is 0.621. The van der Waals surface area contributed by atoms with Gasteiger partial charge < -0.3 is 10.3 Å². The molecule has 3 rings (SSSR count). The lowest BCUT2D eigenvalue weighted by Gasteiger charge is -2.07. The van der Waals surface area contributed by atoms with Crippen LogP contribution in [-0.4, -0.2) is 23.6 Å². The number of benzene rings is 1. The van der Waals surface area contributed by atoms with Crippen LogP contribution in [0.4, 0.5) is 13.2 Å². The first-order valence-electron chi connectivity index (χ1n) is 10.2. The van der Waals surface area contributed by atoms with Gasteiger partial charge in [0.2, 0.25) is 0 Å². The van der Waals surface area contributed by atoms with Crippen LogP contribution in [-0.2, 0) is 12.6 Å². The molecule has 0 saturated heterocycles. The number of hydrogen-bond donors (Lipinski definition) is 2. The van der Waals surface area contributed by atoms with Gasteiger partial charge in [0, 0.05) is 17.1 Å². The van der Waals surface area contributed by atoms with Crippen molar-refractivity contribution < 1.29 is 13.2 Å². The molecule has 29 heavy (non-hydrogen) atoms. The van der Waals surface area contributed by atoms with E-state index in [9.17, 15) is 13.2 Å². The third-order valence-corrected chi connectivity index (χ3v) is 4.68. The number of alkyl halides is 3. The SMILES string of the molecule is CCCCCNC.CCCc1c(-c2ccccn2)[nH]c2ccc(C(F)(F)F)cc12. The van der Waals surface area contributed by atoms with Crippen LogP contribution in [0.3, 0.4) is 0 Å². The Labute approximate surface area is 170 Å². The maximum absolute atomic E-state index is 12.9. The monoisotopic (exact) mass is 405 g/mol. The number of rotatable bonds is 7. The topological polar surface area (TPSA) is 40.7 Å². The third-order valence-electron chi connectivity index (χ3n) is 4.68. The van der Waals surface area contributed by atoms with Gasteiger partial charge in [0.25, 0.3) is 0 Å². The molecule has 3 nitrogen and oxygen atoms in total. The summed E-state index contributed by atoms with van der Waals surface area (Å²) in [5, 5.41) is 3.73. The molecule has 0 atom stereocenters. The summed E-state index contributed by atoms with van der Waals surface area (Å²) in [7, 11) is 2.00. The Bertz CT molecular complexity index is 866. The number of H-pyrrole nitrogens is 1. The lowest BCUT2D eigenvalue weighted by molar-refractivity contribution is -0.137. The summed E-state index contributed by atoms with van der Waals surface area (Å²) in [6.45, 7) is 5.40. The van der Waals surface area contributed by atoms with Crippen LogP contribution in [0.25, 0.3) is 22.3 Å². The molecule has 0 bridgehead atoms. The summed E-state index contributed by atoms with van der Waals surface area (Å²) < 4.78 is 38.8. The molecule has 1 aromatic carbocycles. The predicted molar refractivity (Wildman–Crippen MR) is 114 cm³/mol. The summed E-state index contributed by atoms with van der Waals surface area (Å²) in [5.74, 6) is 0. The standard InChI is InChI=1S/C17H15F3N2.C6H15N/c1-2-5-12-13-10-11(17(18,19)20)7-8-14(13)22-16(12)15-6-3-4-9-21-15;1-3-4-5-6-7-2/h3-4,6-10,22H,2,5H2,1H3;7H,3-6H2,1-2H3. The molecule has 158 valence electrons. The molecule has 6 heteroatoms. The van der Waals surface area contributed by atoms with Crippen molar-refractivity contribution in [3.8, 4) is 11.4 Å². The molecule has 2 N–H and O–H groups in total. The van der Waals surface area contributed by atoms with Crippen molar-refractivity contribution >= 4 is 10.9 Å². The number of halogens is 3. The number of fused-ring (bicyclic) bond motifs is 1. The molecule has 0 aliphatic carbocycles. The smallest absolute Gasteiger partial charge is 0.353 e. The second-order valence-corrected chi connectivity index (χ2v) is 7.01. The van der Waals surface area contributed by atoms with Crippen LogP contribution in [0, 0.1) is 0 Å². The second-order valence-electron chi connectivity index (χ2n) is 7.01. The van der Waals surface area contributed by atoms with Crippen LogP contribution in [0.1, 0.15) is 50.7 Å². The van der Waals surface area contributed by atoms with Gasteiger partial charge in [0.1, 0.15) is 0 Å². The Morgan fingerprint density at radius 1 is 1.03 bits per heavy atom. The average molecular weight is 406 g/mol. The summed E-state index contributed by atoms with van der Waals surface area (Å²) in [6, 6.07) is 9.36. The van der Waals surface area contributed by atoms with Gasteiger partial charge in [-0.2, -0.15) is 13.2 Å². The Kier molecular flexibility index (Phi) is 8.70. The Hall–Kier alpha value is -2.34. The van der Waals surface area contributed by atoms with Crippen molar-refractivity contribution in [3.05, 3.63) is 53.7 Å². The number of hydrogen-bond acceptors (Lipinski definition) is 2. The molecule has 2 heterocycles. The van der Waals surface area contributed by atoms with E-state index in [0.717, 1.165) is 29.4 Å². The van der Waals surface area contributed by atoms with Crippen molar-refractivity contribution in [2.45, 2.75) is 52.1 Å². The van der Waals surface area contributed by atoms with E-state index in [2.05, 4.69) is 22.2 Å². The molecule has 0 amide bonds. The van der Waals surface area contributed by atoms with Gasteiger partial charge in [0.15, 0.2) is 0 Å². The van der Waals surface area contributed by atoms with Gasteiger partial charge in [-0.15, -0.1) is 0 Å². The molecular weight excluding hydrogens is 375 g/mol. The first-order chi connectivity index (χ1) is 13.9. The van der Waals surface area contributed by atoms with Crippen molar-refractivity contribution in [1.29, 1.82) is 0 Å². The van der Waals surface area contributed by atoms with Crippen molar-refractivity contribution in [2.24, 2.45) is 0 Å². The van der Waals surface area contributed by atoms with Gasteiger partial charge in [-0.05, 0) is 62.3 Å². The fourth-order valence-electron chi connectivity index (χ4n) is 3.21. The highest BCUT2D eigenvalue weighted by atomic mass is 19.4. The number of pyridine rings is 1. The first-order valence-corrected chi connectivity index (χ1v) is 10.2. The number of aryl methyl sites for hydroxylation is 1. The van der Waals surface area contributed by atoms with Crippen molar-refractivity contribution in [1.82, 2.24) is 15.3 Å². The van der Waals surface area contributed by atoms with E-state index >= 15 is 0 Å². The number of nitrogens with one attached hydrogen (secondary N) is 2. The predicted octanol–water partition coefficient (Wildman–Crippen LogP) is 6.60. The van der Waals surface area contributed by atoms with E-state index in [4.69, 9.17) is 0 Å². The Balaban J connectivity index is 0.000000370. The summed E-state index contributed by atoms with van der Waals surface area (Å²) in [4.78, 5) is 7.52. The normalized spacial score (nSPS) is 11.4. The molecule has 0 radical (unpaired) electrons. The zero-order valence-corrected chi connectivity index (χ0v) is 17.4. The zero-order valence-electron chi connectivity index (χ0n) is 17.4. The molecule has 3 aromatic rings. The Morgan fingerprint density at radius 2 is 1.83 bits per heavy atom. The Morgan fingerprint density at radius 3 is 2.41 bits per heavy atom. The van der Waals surface area contributed by atoms with Crippen molar-refractivity contribution in [3.63, 3.8) is 0 Å². The maximum atomic E-state index is 12.9. The van der Waals surface area contributed by atoms with Crippen LogP contribution >= 0.6 is 0 Å². The minimum atomic E-state index is -4.33. The van der Waals surface area contributed by atoms with Gasteiger partial charge in [-0.25, -0.2) is 0 Å². The van der Waals surface area contributed by atoms with Gasteiger partial charge >= 0.3 is 6.18 Å². The quantitative estimate of drug-likeness (QED) is 0.435. The molecule has 0 aliphatic rings. The van der Waals surface area contributed by atoms with Gasteiger partial charge in [-0.1, -0.05) is 39.2 Å². The number of aromatic nitrogens is 2. The molecule has 0 saturated carbocycles. The van der Waals surface area contributed by atoms with Gasteiger partial charge in [-0.3, -0.25) is 4.98 Å². The second kappa shape index (κ2) is 11.0. The fourth-order valence-corrected chi connectivity index (χ4v) is 3.21. The zero-order chi connectivity index (χ0) is 21.3. The number of nitrogens with zero attached hydrogens (tertiary/aromatic N) is 1. The summed E-state index contributed by atoms with van der Waals surface area (Å²) >= 11 is 0. The summed E-state index contributed by atoms with van der Waals surface area (Å²) in [5.41, 5.74) is 2.52. The largest absolute Gasteiger partial charge is 0.416 e. The van der Waals surface area contributed by atoms with E-state index in [0.29, 0.717) is 17.3 Å². The molecule has 0 spiro atoms. The minimum Gasteiger partial charge on any atom is -0.353 e. The van der Waals surface area contributed by atoms with Gasteiger partial charge in [0.05, 0.1) is 17.0 Å². The first kappa shape index (κ1) is 22.9. The van der Waals surface area contributed by atoms with E-state index < -0.39 is 11.7 Å². The van der Waals surface area contributed by atoms with E-state index in [1.165, 1.54) is 37.9 Å². The highest BCUT2D eigenvalue weighted by molar-refractivity contribution is 5.90. The van der Waals surface area contributed by atoms with E-state index in [1.54, 1.807) is 6.20 Å². The highest BCUT2D eigenvalue weighted by Gasteiger charge is 2.31. The molecule has 0 aliphatic heterocycles. The summed E-state index contributed by atoms with van der Waals surface area (Å²) in [6.07, 6.45) is 2.91. The van der Waals surface area contributed by atoms with E-state index in [-0.39, 0.29) is 0 Å². The molecule has 0 fully saturated rings. The van der Waals surface area contributed by atoms with Crippen molar-refractivity contribution in [2.75, 3.05) is 13.6 Å². The number of aromatic amines is 1. The maximum Gasteiger partial charge on any atom is 0.416 e. The highest BCUT2D eigenvalue weighted by Crippen LogP contribution is 2.35. The lowest BCUT2D eigenvalue weighted by atomic mass is 10.0. The third kappa shape index (κ3) is 6.32. The molecule has 0 unspecified atom stereocenters. The lowest BCUT2D eigenvalue weighted by Crippen LogP contribution is -2.06.